The van der Waals surface area contributed by atoms with E-state index in [-0.39, 0.29) is 12.6 Å². The van der Waals surface area contributed by atoms with Gasteiger partial charge in [-0.2, -0.15) is 0 Å². The summed E-state index contributed by atoms with van der Waals surface area (Å²) in [4.78, 5) is 5.54. The van der Waals surface area contributed by atoms with Gasteiger partial charge in [-0.15, -0.1) is 11.3 Å². The molecule has 1 heterocycles. The van der Waals surface area contributed by atoms with Crippen molar-refractivity contribution in [2.24, 2.45) is 0 Å². The van der Waals surface area contributed by atoms with Crippen LogP contribution in [0.3, 0.4) is 0 Å². The molecule has 1 atom stereocenters. The quantitative estimate of drug-likeness (QED) is 0.716. The molecule has 92 valence electrons. The van der Waals surface area contributed by atoms with Crippen LogP contribution in [0.2, 0.25) is 0 Å². The van der Waals surface area contributed by atoms with Crippen LogP contribution in [0.4, 0.5) is 0 Å². The molecule has 1 aromatic rings. The third kappa shape index (κ3) is 4.57. The van der Waals surface area contributed by atoms with E-state index in [1.165, 1.54) is 4.88 Å². The highest BCUT2D eigenvalue weighted by molar-refractivity contribution is 7.09. The summed E-state index contributed by atoms with van der Waals surface area (Å²) in [5.74, 6) is 0. The molecule has 0 aliphatic carbocycles. The van der Waals surface area contributed by atoms with Gasteiger partial charge in [-0.05, 0) is 19.8 Å². The van der Waals surface area contributed by atoms with Crippen LogP contribution in [0.1, 0.15) is 17.0 Å². The van der Waals surface area contributed by atoms with Crippen LogP contribution in [0.25, 0.3) is 0 Å². The minimum absolute atomic E-state index is 0.195. The number of methoxy groups -OCH3 is 1. The van der Waals surface area contributed by atoms with Crippen LogP contribution in [0, 0.1) is 6.92 Å². The number of aliphatic hydroxyl groups is 1. The van der Waals surface area contributed by atoms with Crippen LogP contribution in [-0.2, 0) is 11.2 Å². The number of hydrogen-bond donors (Lipinski definition) is 2. The number of aryl methyl sites for hydroxylation is 1. The Morgan fingerprint density at radius 1 is 1.62 bits per heavy atom. The lowest BCUT2D eigenvalue weighted by Crippen LogP contribution is -2.35. The summed E-state index contributed by atoms with van der Waals surface area (Å²) in [5.41, 5.74) is 3.00. The second-order valence-electron chi connectivity index (χ2n) is 3.73. The first-order valence-electron chi connectivity index (χ1n) is 5.50. The van der Waals surface area contributed by atoms with Crippen molar-refractivity contribution in [3.63, 3.8) is 0 Å². The van der Waals surface area contributed by atoms with Gasteiger partial charge in [0.2, 0.25) is 0 Å². The van der Waals surface area contributed by atoms with E-state index in [0.29, 0.717) is 6.61 Å². The van der Waals surface area contributed by atoms with Gasteiger partial charge in [-0.3, -0.25) is 0 Å². The number of aromatic nitrogens is 1. The number of ether oxygens (including phenoxy) is 1. The predicted octanol–water partition coefficient (Wildman–Crippen LogP) is 0.981. The molecule has 0 aliphatic heterocycles. The topological polar surface area (TPSA) is 54.4 Å². The van der Waals surface area contributed by atoms with E-state index < -0.39 is 0 Å². The highest BCUT2D eigenvalue weighted by Gasteiger charge is 2.07. The Hall–Kier alpha value is -0.490. The fourth-order valence-electron chi connectivity index (χ4n) is 1.56. The minimum atomic E-state index is 0.195. The molecule has 4 nitrogen and oxygen atoms in total. The Balaban J connectivity index is 2.24. The third-order valence-corrected chi connectivity index (χ3v) is 3.47. The third-order valence-electron chi connectivity index (χ3n) is 2.48. The molecule has 0 saturated carbocycles. The van der Waals surface area contributed by atoms with E-state index in [0.717, 1.165) is 25.1 Å². The summed E-state index contributed by atoms with van der Waals surface area (Å²) in [6.07, 6.45) is 1.72. The summed E-state index contributed by atoms with van der Waals surface area (Å²) < 4.78 is 5.08. The van der Waals surface area contributed by atoms with E-state index >= 15 is 0 Å². The van der Waals surface area contributed by atoms with Gasteiger partial charge in [-0.25, -0.2) is 4.98 Å². The standard InChI is InChI=1S/C11H20N2O2S/c1-9-11(16-8-13-9)3-5-12-10(4-6-14)7-15-2/h8,10,12,14H,3-7H2,1-2H3. The molecule has 0 aliphatic rings. The Labute approximate surface area is 101 Å². The van der Waals surface area contributed by atoms with Gasteiger partial charge in [0.05, 0.1) is 17.8 Å². The van der Waals surface area contributed by atoms with Gasteiger partial charge in [0, 0.05) is 31.2 Å². The van der Waals surface area contributed by atoms with Crippen LogP contribution >= 0.6 is 11.3 Å². The maximum absolute atomic E-state index is 8.89. The molecule has 1 aromatic heterocycles. The zero-order valence-electron chi connectivity index (χ0n) is 9.90. The van der Waals surface area contributed by atoms with E-state index in [9.17, 15) is 0 Å². The molecular weight excluding hydrogens is 224 g/mol. The maximum Gasteiger partial charge on any atom is 0.0797 e. The van der Waals surface area contributed by atoms with Crippen LogP contribution in [0.5, 0.6) is 0 Å². The lowest BCUT2D eigenvalue weighted by atomic mass is 10.2. The molecule has 0 aromatic carbocycles. The first-order valence-corrected chi connectivity index (χ1v) is 6.38. The first-order chi connectivity index (χ1) is 7.77. The second kappa shape index (κ2) is 7.73. The van der Waals surface area contributed by atoms with Crippen molar-refractivity contribution in [1.82, 2.24) is 10.3 Å². The molecule has 1 unspecified atom stereocenters. The van der Waals surface area contributed by atoms with Gasteiger partial charge in [0.25, 0.3) is 0 Å². The molecule has 16 heavy (non-hydrogen) atoms. The van der Waals surface area contributed by atoms with Gasteiger partial charge in [0.15, 0.2) is 0 Å². The molecule has 2 N–H and O–H groups in total. The van der Waals surface area contributed by atoms with E-state index in [4.69, 9.17) is 9.84 Å². The normalized spacial score (nSPS) is 12.9. The summed E-state index contributed by atoms with van der Waals surface area (Å²) in [7, 11) is 1.68. The fraction of sp³-hybridized carbons (Fsp3) is 0.727. The van der Waals surface area contributed by atoms with Crippen molar-refractivity contribution in [1.29, 1.82) is 0 Å². The maximum atomic E-state index is 8.89. The molecule has 1 rings (SSSR count). The molecule has 0 spiro atoms. The number of aliphatic hydroxyl groups excluding tert-OH is 1. The zero-order chi connectivity index (χ0) is 11.8. The molecule has 0 bridgehead atoms. The molecular formula is C11H20N2O2S. The van der Waals surface area contributed by atoms with Crippen LogP contribution < -0.4 is 5.32 Å². The van der Waals surface area contributed by atoms with Gasteiger partial charge in [0.1, 0.15) is 0 Å². The van der Waals surface area contributed by atoms with E-state index in [1.807, 2.05) is 12.4 Å². The van der Waals surface area contributed by atoms with Crippen LogP contribution in [0.15, 0.2) is 5.51 Å². The van der Waals surface area contributed by atoms with Crippen molar-refractivity contribution >= 4 is 11.3 Å². The van der Waals surface area contributed by atoms with Crippen molar-refractivity contribution in [3.8, 4) is 0 Å². The molecule has 0 fully saturated rings. The van der Waals surface area contributed by atoms with Crippen molar-refractivity contribution in [3.05, 3.63) is 16.1 Å². The lowest BCUT2D eigenvalue weighted by molar-refractivity contribution is 0.149. The fourth-order valence-corrected chi connectivity index (χ4v) is 2.34. The van der Waals surface area contributed by atoms with Gasteiger partial charge >= 0.3 is 0 Å². The van der Waals surface area contributed by atoms with Crippen molar-refractivity contribution < 1.29 is 9.84 Å². The molecule has 0 amide bonds. The number of nitrogens with zero attached hydrogens (tertiary/aromatic N) is 1. The largest absolute Gasteiger partial charge is 0.396 e. The number of nitrogens with one attached hydrogen (secondary N) is 1. The average Bonchev–Trinajstić information content (AvgIpc) is 2.65. The minimum Gasteiger partial charge on any atom is -0.396 e. The molecule has 0 saturated heterocycles. The Morgan fingerprint density at radius 3 is 3.00 bits per heavy atom. The van der Waals surface area contributed by atoms with Crippen molar-refractivity contribution in [2.45, 2.75) is 25.8 Å². The van der Waals surface area contributed by atoms with Gasteiger partial charge < -0.3 is 15.2 Å². The molecule has 0 radical (unpaired) electrons. The summed E-state index contributed by atoms with van der Waals surface area (Å²) in [6.45, 7) is 3.77. The zero-order valence-corrected chi connectivity index (χ0v) is 10.7. The number of thiazole rings is 1. The SMILES string of the molecule is COCC(CCO)NCCc1scnc1C. The van der Waals surface area contributed by atoms with Crippen molar-refractivity contribution in [2.75, 3.05) is 26.9 Å². The Kier molecular flexibility index (Phi) is 6.56. The monoisotopic (exact) mass is 244 g/mol. The smallest absolute Gasteiger partial charge is 0.0797 e. The summed E-state index contributed by atoms with van der Waals surface area (Å²) in [5, 5.41) is 12.3. The first kappa shape index (κ1) is 13.6. The highest BCUT2D eigenvalue weighted by atomic mass is 32.1. The van der Waals surface area contributed by atoms with E-state index in [1.54, 1.807) is 18.4 Å². The number of hydrogen-bond acceptors (Lipinski definition) is 5. The predicted molar refractivity (Wildman–Crippen MR) is 65.9 cm³/mol. The lowest BCUT2D eigenvalue weighted by Gasteiger charge is -2.16. The van der Waals surface area contributed by atoms with Gasteiger partial charge in [-0.1, -0.05) is 0 Å². The highest BCUT2D eigenvalue weighted by Crippen LogP contribution is 2.12. The summed E-state index contributed by atoms with van der Waals surface area (Å²) >= 11 is 1.70. The molecule has 5 heteroatoms. The second-order valence-corrected chi connectivity index (χ2v) is 4.67. The Bertz CT molecular complexity index is 285. The number of rotatable bonds is 8. The Morgan fingerprint density at radius 2 is 2.44 bits per heavy atom. The van der Waals surface area contributed by atoms with E-state index in [2.05, 4.69) is 10.3 Å². The van der Waals surface area contributed by atoms with Crippen LogP contribution in [-0.4, -0.2) is 43.0 Å². The average molecular weight is 244 g/mol. The summed E-state index contributed by atoms with van der Waals surface area (Å²) in [6, 6.07) is 0.239.